The molecule has 78 valence electrons. The average Bonchev–Trinajstić information content (AvgIpc) is 2.28. The standard InChI is InChI=1S/C10H10N2O3/c1-14-7-3-4-9(15-2)8(5-7)12-10(13)6-11/h3-5H,1-2H3,(H,12,13). The third-order valence-corrected chi connectivity index (χ3v) is 1.76. The molecule has 0 aliphatic heterocycles. The molecule has 0 saturated carbocycles. The molecule has 0 aromatic heterocycles. The number of rotatable bonds is 3. The Morgan fingerprint density at radius 2 is 2.13 bits per heavy atom. The van der Waals surface area contributed by atoms with Crippen molar-refractivity contribution in [1.82, 2.24) is 0 Å². The smallest absolute Gasteiger partial charge is 0.326 e. The number of amides is 1. The molecule has 5 heteroatoms. The number of carbonyl (C=O) groups excluding carboxylic acids is 1. The molecule has 5 nitrogen and oxygen atoms in total. The zero-order valence-corrected chi connectivity index (χ0v) is 8.40. The molecule has 0 atom stereocenters. The van der Waals surface area contributed by atoms with Crippen LogP contribution in [0.15, 0.2) is 18.2 Å². The van der Waals surface area contributed by atoms with Crippen LogP contribution in [0.1, 0.15) is 0 Å². The summed E-state index contributed by atoms with van der Waals surface area (Å²) in [6, 6.07) is 6.37. The Kier molecular flexibility index (Phi) is 3.52. The summed E-state index contributed by atoms with van der Waals surface area (Å²) in [7, 11) is 2.99. The Hall–Kier alpha value is -2.22. The minimum absolute atomic E-state index is 0.406. The molecular weight excluding hydrogens is 196 g/mol. The summed E-state index contributed by atoms with van der Waals surface area (Å²) in [6.07, 6.45) is 0. The van der Waals surface area contributed by atoms with Crippen LogP contribution in [-0.4, -0.2) is 20.1 Å². The molecule has 1 aromatic rings. The van der Waals surface area contributed by atoms with Crippen LogP contribution < -0.4 is 14.8 Å². The van der Waals surface area contributed by atoms with Crippen molar-refractivity contribution in [3.05, 3.63) is 18.2 Å². The van der Waals surface area contributed by atoms with Crippen LogP contribution in [-0.2, 0) is 4.79 Å². The first-order chi connectivity index (χ1) is 7.21. The van der Waals surface area contributed by atoms with Crippen LogP contribution in [0.3, 0.4) is 0 Å². The van der Waals surface area contributed by atoms with Crippen LogP contribution >= 0.6 is 0 Å². The number of anilines is 1. The molecule has 0 saturated heterocycles. The summed E-state index contributed by atoms with van der Waals surface area (Å²) in [5.74, 6) is 0.296. The molecule has 0 heterocycles. The molecule has 1 aromatic carbocycles. The lowest BCUT2D eigenvalue weighted by molar-refractivity contribution is -0.111. The van der Waals surface area contributed by atoms with Crippen LogP contribution in [0.2, 0.25) is 0 Å². The number of benzene rings is 1. The molecule has 0 spiro atoms. The maximum Gasteiger partial charge on any atom is 0.326 e. The quantitative estimate of drug-likeness (QED) is 0.753. The van der Waals surface area contributed by atoms with Gasteiger partial charge in [0.2, 0.25) is 0 Å². The third kappa shape index (κ3) is 2.61. The van der Waals surface area contributed by atoms with Gasteiger partial charge in [-0.3, -0.25) is 4.79 Å². The maximum absolute atomic E-state index is 10.9. The van der Waals surface area contributed by atoms with Gasteiger partial charge in [-0.2, -0.15) is 5.26 Å². The Morgan fingerprint density at radius 1 is 1.40 bits per heavy atom. The Balaban J connectivity index is 3.02. The zero-order valence-electron chi connectivity index (χ0n) is 8.40. The SMILES string of the molecule is COc1ccc(OC)c(NC(=O)C#N)c1. The van der Waals surface area contributed by atoms with E-state index >= 15 is 0 Å². The van der Waals surface area contributed by atoms with Crippen molar-refractivity contribution in [1.29, 1.82) is 5.26 Å². The molecule has 1 amide bonds. The lowest BCUT2D eigenvalue weighted by Crippen LogP contribution is -2.09. The van der Waals surface area contributed by atoms with Gasteiger partial charge in [0.15, 0.2) is 6.07 Å². The molecule has 15 heavy (non-hydrogen) atoms. The summed E-state index contributed by atoms with van der Waals surface area (Å²) >= 11 is 0. The fourth-order valence-electron chi connectivity index (χ4n) is 1.06. The highest BCUT2D eigenvalue weighted by Crippen LogP contribution is 2.28. The normalized spacial score (nSPS) is 8.87. The summed E-state index contributed by atoms with van der Waals surface area (Å²) in [6.45, 7) is 0. The number of carbonyl (C=O) groups is 1. The van der Waals surface area contributed by atoms with Crippen LogP contribution in [0.5, 0.6) is 11.5 Å². The number of nitriles is 1. The molecule has 0 bridgehead atoms. The van der Waals surface area contributed by atoms with E-state index in [9.17, 15) is 4.79 Å². The largest absolute Gasteiger partial charge is 0.497 e. The van der Waals surface area contributed by atoms with Crippen LogP contribution in [0, 0.1) is 11.3 Å². The monoisotopic (exact) mass is 206 g/mol. The Labute approximate surface area is 87.2 Å². The summed E-state index contributed by atoms with van der Waals surface area (Å²) in [5.41, 5.74) is 0.406. The lowest BCUT2D eigenvalue weighted by Gasteiger charge is -2.09. The lowest BCUT2D eigenvalue weighted by atomic mass is 10.2. The van der Waals surface area contributed by atoms with E-state index in [0.29, 0.717) is 17.2 Å². The van der Waals surface area contributed by atoms with Crippen molar-refractivity contribution in [2.45, 2.75) is 0 Å². The van der Waals surface area contributed by atoms with E-state index in [-0.39, 0.29) is 0 Å². The minimum atomic E-state index is -0.749. The topological polar surface area (TPSA) is 71.3 Å². The molecule has 0 radical (unpaired) electrons. The summed E-state index contributed by atoms with van der Waals surface area (Å²) in [4.78, 5) is 10.9. The predicted octanol–water partition coefficient (Wildman–Crippen LogP) is 1.17. The third-order valence-electron chi connectivity index (χ3n) is 1.76. The van der Waals surface area contributed by atoms with Gasteiger partial charge in [0.05, 0.1) is 19.9 Å². The fraction of sp³-hybridized carbons (Fsp3) is 0.200. The van der Waals surface area contributed by atoms with E-state index in [0.717, 1.165) is 0 Å². The predicted molar refractivity (Wildman–Crippen MR) is 53.8 cm³/mol. The Morgan fingerprint density at radius 3 is 2.67 bits per heavy atom. The van der Waals surface area contributed by atoms with Crippen molar-refractivity contribution >= 4 is 11.6 Å². The van der Waals surface area contributed by atoms with E-state index in [4.69, 9.17) is 14.7 Å². The average molecular weight is 206 g/mol. The van der Waals surface area contributed by atoms with Crippen molar-refractivity contribution in [3.8, 4) is 17.6 Å². The molecule has 0 unspecified atom stereocenters. The van der Waals surface area contributed by atoms with Crippen LogP contribution in [0.4, 0.5) is 5.69 Å². The van der Waals surface area contributed by atoms with E-state index in [1.165, 1.54) is 20.3 Å². The van der Waals surface area contributed by atoms with E-state index in [1.807, 2.05) is 0 Å². The molecule has 0 aliphatic carbocycles. The summed E-state index contributed by atoms with van der Waals surface area (Å²) < 4.78 is 9.99. The second-order valence-corrected chi connectivity index (χ2v) is 2.63. The van der Waals surface area contributed by atoms with E-state index < -0.39 is 5.91 Å². The van der Waals surface area contributed by atoms with Gasteiger partial charge in [0, 0.05) is 6.07 Å². The highest BCUT2D eigenvalue weighted by molar-refractivity contribution is 6.03. The fourth-order valence-corrected chi connectivity index (χ4v) is 1.06. The van der Waals surface area contributed by atoms with Crippen molar-refractivity contribution < 1.29 is 14.3 Å². The highest BCUT2D eigenvalue weighted by atomic mass is 16.5. The van der Waals surface area contributed by atoms with Gasteiger partial charge in [0.25, 0.3) is 0 Å². The van der Waals surface area contributed by atoms with Gasteiger partial charge in [-0.1, -0.05) is 0 Å². The van der Waals surface area contributed by atoms with E-state index in [1.54, 1.807) is 18.2 Å². The molecule has 1 rings (SSSR count). The van der Waals surface area contributed by atoms with Crippen molar-refractivity contribution in [3.63, 3.8) is 0 Å². The van der Waals surface area contributed by atoms with Crippen molar-refractivity contribution in [2.75, 3.05) is 19.5 Å². The first-order valence-electron chi connectivity index (χ1n) is 4.14. The number of methoxy groups -OCH3 is 2. The molecular formula is C10H10N2O3. The number of nitrogens with zero attached hydrogens (tertiary/aromatic N) is 1. The van der Waals surface area contributed by atoms with Gasteiger partial charge >= 0.3 is 5.91 Å². The second-order valence-electron chi connectivity index (χ2n) is 2.63. The number of nitrogens with one attached hydrogen (secondary N) is 1. The van der Waals surface area contributed by atoms with Crippen molar-refractivity contribution in [2.24, 2.45) is 0 Å². The first kappa shape index (κ1) is 10.9. The molecule has 1 N–H and O–H groups in total. The van der Waals surface area contributed by atoms with Gasteiger partial charge in [0.1, 0.15) is 11.5 Å². The highest BCUT2D eigenvalue weighted by Gasteiger charge is 2.07. The minimum Gasteiger partial charge on any atom is -0.497 e. The van der Waals surface area contributed by atoms with E-state index in [2.05, 4.69) is 5.32 Å². The Bertz CT molecular complexity index is 410. The van der Waals surface area contributed by atoms with Gasteiger partial charge in [-0.15, -0.1) is 0 Å². The van der Waals surface area contributed by atoms with Gasteiger partial charge < -0.3 is 14.8 Å². The van der Waals surface area contributed by atoms with Gasteiger partial charge in [-0.25, -0.2) is 0 Å². The first-order valence-corrected chi connectivity index (χ1v) is 4.14. The number of ether oxygens (including phenoxy) is 2. The molecule has 0 fully saturated rings. The maximum atomic E-state index is 10.9. The number of hydrogen-bond donors (Lipinski definition) is 1. The summed E-state index contributed by atoms with van der Waals surface area (Å²) in [5, 5.41) is 10.7. The molecule has 0 aliphatic rings. The van der Waals surface area contributed by atoms with Gasteiger partial charge in [-0.05, 0) is 12.1 Å². The zero-order chi connectivity index (χ0) is 11.3. The second kappa shape index (κ2) is 4.86. The van der Waals surface area contributed by atoms with Crippen LogP contribution in [0.25, 0.3) is 0 Å². The number of hydrogen-bond acceptors (Lipinski definition) is 4.